The summed E-state index contributed by atoms with van der Waals surface area (Å²) in [5.41, 5.74) is 3.81. The van der Waals surface area contributed by atoms with Crippen molar-refractivity contribution < 1.29 is 4.74 Å². The number of ether oxygens (including phenoxy) is 1. The van der Waals surface area contributed by atoms with Gasteiger partial charge in [-0.15, -0.1) is 24.0 Å². The second-order valence-electron chi connectivity index (χ2n) is 6.64. The number of rotatable bonds is 4. The fraction of sp³-hybridized carbons (Fsp3) is 0.526. The Labute approximate surface area is 178 Å². The summed E-state index contributed by atoms with van der Waals surface area (Å²) < 4.78 is 7.82. The molecule has 7 nitrogen and oxygen atoms in total. The highest BCUT2D eigenvalue weighted by Gasteiger charge is 2.25. The molecule has 0 bridgehead atoms. The third kappa shape index (κ3) is 5.41. The Morgan fingerprint density at radius 1 is 1.37 bits per heavy atom. The van der Waals surface area contributed by atoms with E-state index in [1.165, 1.54) is 16.7 Å². The Morgan fingerprint density at radius 3 is 2.85 bits per heavy atom. The van der Waals surface area contributed by atoms with E-state index in [1.54, 1.807) is 11.0 Å². The van der Waals surface area contributed by atoms with Gasteiger partial charge in [-0.2, -0.15) is 5.10 Å². The van der Waals surface area contributed by atoms with E-state index in [2.05, 4.69) is 59.3 Å². The smallest absolute Gasteiger partial charge is 0.194 e. The lowest BCUT2D eigenvalue weighted by Crippen LogP contribution is -2.48. The summed E-state index contributed by atoms with van der Waals surface area (Å²) in [4.78, 5) is 11.3. The first kappa shape index (κ1) is 21.6. The van der Waals surface area contributed by atoms with E-state index in [0.717, 1.165) is 31.4 Å². The van der Waals surface area contributed by atoms with Gasteiger partial charge in [-0.3, -0.25) is 4.68 Å². The molecular weight excluding hydrogens is 455 g/mol. The predicted octanol–water partition coefficient (Wildman–Crippen LogP) is 2.59. The van der Waals surface area contributed by atoms with Crippen LogP contribution >= 0.6 is 24.0 Å². The lowest BCUT2D eigenvalue weighted by molar-refractivity contribution is -0.00835. The molecular formula is C19H29IN6O. The standard InChI is InChI=1S/C19H28N6O.HI/c1-5-20-19(21-11-18-22-13-23-24(18)4)25-8-9-26-17(12-25)16-7-6-14(2)10-15(16)3;/h6-7,10,13,17H,5,8-9,11-12H2,1-4H3,(H,20,21);1H. The summed E-state index contributed by atoms with van der Waals surface area (Å²) in [5, 5.41) is 7.50. The number of nitrogens with one attached hydrogen (secondary N) is 1. The lowest BCUT2D eigenvalue weighted by Gasteiger charge is -2.36. The van der Waals surface area contributed by atoms with E-state index < -0.39 is 0 Å². The Balaban J connectivity index is 0.00000261. The molecule has 1 atom stereocenters. The van der Waals surface area contributed by atoms with E-state index >= 15 is 0 Å². The van der Waals surface area contributed by atoms with Gasteiger partial charge in [0.25, 0.3) is 0 Å². The number of guanidine groups is 1. The zero-order valence-corrected chi connectivity index (χ0v) is 18.8. The number of benzene rings is 1. The number of morpholine rings is 1. The minimum atomic E-state index is 0. The maximum absolute atomic E-state index is 6.06. The largest absolute Gasteiger partial charge is 0.370 e. The summed E-state index contributed by atoms with van der Waals surface area (Å²) in [6.07, 6.45) is 1.62. The van der Waals surface area contributed by atoms with Crippen molar-refractivity contribution in [2.24, 2.45) is 12.0 Å². The van der Waals surface area contributed by atoms with Crippen LogP contribution in [0.1, 0.15) is 35.5 Å². The third-order valence-corrected chi connectivity index (χ3v) is 4.65. The molecule has 2 heterocycles. The second kappa shape index (κ2) is 10.0. The van der Waals surface area contributed by atoms with Crippen molar-refractivity contribution in [3.05, 3.63) is 47.0 Å². The Hall–Kier alpha value is -1.68. The summed E-state index contributed by atoms with van der Waals surface area (Å²) in [6, 6.07) is 6.55. The fourth-order valence-corrected chi connectivity index (χ4v) is 3.25. The normalized spacial score (nSPS) is 17.6. The van der Waals surface area contributed by atoms with Crippen molar-refractivity contribution in [2.45, 2.75) is 33.4 Å². The minimum Gasteiger partial charge on any atom is -0.370 e. The number of halogens is 1. The van der Waals surface area contributed by atoms with Gasteiger partial charge in [-0.25, -0.2) is 9.98 Å². The predicted molar refractivity (Wildman–Crippen MR) is 117 cm³/mol. The molecule has 3 rings (SSSR count). The molecule has 0 spiro atoms. The third-order valence-electron chi connectivity index (χ3n) is 4.65. The van der Waals surface area contributed by atoms with Crippen LogP contribution in [0.5, 0.6) is 0 Å². The average molecular weight is 484 g/mol. The number of aryl methyl sites for hydroxylation is 3. The molecule has 27 heavy (non-hydrogen) atoms. The Kier molecular flexibility index (Phi) is 8.03. The molecule has 1 aromatic carbocycles. The summed E-state index contributed by atoms with van der Waals surface area (Å²) in [7, 11) is 1.88. The van der Waals surface area contributed by atoms with Crippen LogP contribution in [-0.2, 0) is 18.3 Å². The molecule has 1 unspecified atom stereocenters. The lowest BCUT2D eigenvalue weighted by atomic mass is 10.00. The van der Waals surface area contributed by atoms with Crippen LogP contribution < -0.4 is 5.32 Å². The molecule has 0 amide bonds. The molecule has 0 radical (unpaired) electrons. The van der Waals surface area contributed by atoms with Crippen molar-refractivity contribution in [1.29, 1.82) is 0 Å². The zero-order chi connectivity index (χ0) is 18.5. The molecule has 1 aliphatic rings. The van der Waals surface area contributed by atoms with Gasteiger partial charge >= 0.3 is 0 Å². The molecule has 2 aromatic rings. The van der Waals surface area contributed by atoms with E-state index in [4.69, 9.17) is 9.73 Å². The van der Waals surface area contributed by atoms with Crippen LogP contribution in [-0.4, -0.2) is 51.9 Å². The van der Waals surface area contributed by atoms with Gasteiger partial charge in [0.2, 0.25) is 0 Å². The van der Waals surface area contributed by atoms with Gasteiger partial charge < -0.3 is 15.0 Å². The first-order chi connectivity index (χ1) is 12.6. The van der Waals surface area contributed by atoms with E-state index in [-0.39, 0.29) is 30.1 Å². The van der Waals surface area contributed by atoms with Gasteiger partial charge in [-0.05, 0) is 31.9 Å². The minimum absolute atomic E-state index is 0. The van der Waals surface area contributed by atoms with E-state index in [0.29, 0.717) is 13.2 Å². The topological polar surface area (TPSA) is 67.6 Å². The Bertz CT molecular complexity index is 775. The molecule has 1 saturated heterocycles. The van der Waals surface area contributed by atoms with Gasteiger partial charge in [0.1, 0.15) is 24.8 Å². The maximum Gasteiger partial charge on any atom is 0.194 e. The average Bonchev–Trinajstić information content (AvgIpc) is 3.04. The SMILES string of the molecule is CCNC(=NCc1ncnn1C)N1CCOC(c2ccc(C)cc2C)C1.I. The van der Waals surface area contributed by atoms with E-state index in [1.807, 2.05) is 7.05 Å². The monoisotopic (exact) mass is 484 g/mol. The number of aromatic nitrogens is 3. The van der Waals surface area contributed by atoms with Crippen molar-refractivity contribution in [3.63, 3.8) is 0 Å². The van der Waals surface area contributed by atoms with Crippen LogP contribution in [0.2, 0.25) is 0 Å². The van der Waals surface area contributed by atoms with Crippen LogP contribution in [0.4, 0.5) is 0 Å². The van der Waals surface area contributed by atoms with Crippen molar-refractivity contribution in [3.8, 4) is 0 Å². The highest BCUT2D eigenvalue weighted by Crippen LogP contribution is 2.26. The van der Waals surface area contributed by atoms with Crippen LogP contribution in [0.25, 0.3) is 0 Å². The van der Waals surface area contributed by atoms with Crippen molar-refractivity contribution in [2.75, 3.05) is 26.2 Å². The number of aliphatic imine (C=N–C) groups is 1. The number of hydrogen-bond acceptors (Lipinski definition) is 4. The highest BCUT2D eigenvalue weighted by atomic mass is 127. The summed E-state index contributed by atoms with van der Waals surface area (Å²) >= 11 is 0. The second-order valence-corrected chi connectivity index (χ2v) is 6.64. The summed E-state index contributed by atoms with van der Waals surface area (Å²) in [6.45, 7) is 9.98. The number of hydrogen-bond donors (Lipinski definition) is 1. The van der Waals surface area contributed by atoms with E-state index in [9.17, 15) is 0 Å². The molecule has 1 aliphatic heterocycles. The van der Waals surface area contributed by atoms with Crippen molar-refractivity contribution in [1.82, 2.24) is 25.0 Å². The first-order valence-corrected chi connectivity index (χ1v) is 9.13. The quantitative estimate of drug-likeness (QED) is 0.411. The van der Waals surface area contributed by atoms with Gasteiger partial charge in [0, 0.05) is 20.1 Å². The highest BCUT2D eigenvalue weighted by molar-refractivity contribution is 14.0. The number of nitrogens with zero attached hydrogens (tertiary/aromatic N) is 5. The molecule has 1 aromatic heterocycles. The molecule has 0 saturated carbocycles. The van der Waals surface area contributed by atoms with Crippen molar-refractivity contribution >= 4 is 29.9 Å². The molecule has 8 heteroatoms. The Morgan fingerprint density at radius 2 is 2.19 bits per heavy atom. The first-order valence-electron chi connectivity index (χ1n) is 9.13. The van der Waals surface area contributed by atoms with Gasteiger partial charge in [-0.1, -0.05) is 23.8 Å². The van der Waals surface area contributed by atoms with Crippen LogP contribution in [0.15, 0.2) is 29.5 Å². The van der Waals surface area contributed by atoms with Gasteiger partial charge in [0.05, 0.1) is 13.2 Å². The summed E-state index contributed by atoms with van der Waals surface area (Å²) in [5.74, 6) is 1.74. The molecule has 148 valence electrons. The molecule has 1 fully saturated rings. The molecule has 0 aliphatic carbocycles. The van der Waals surface area contributed by atoms with Crippen LogP contribution in [0, 0.1) is 13.8 Å². The molecule has 1 N–H and O–H groups in total. The fourth-order valence-electron chi connectivity index (χ4n) is 3.25. The maximum atomic E-state index is 6.06. The zero-order valence-electron chi connectivity index (χ0n) is 16.5. The van der Waals surface area contributed by atoms with Gasteiger partial charge in [0.15, 0.2) is 5.96 Å². The van der Waals surface area contributed by atoms with Crippen LogP contribution in [0.3, 0.4) is 0 Å².